The lowest BCUT2D eigenvalue weighted by molar-refractivity contribution is -0.144. The number of carboxylic acids is 1. The molecule has 6 heteroatoms. The highest BCUT2D eigenvalue weighted by molar-refractivity contribution is 5.80. The van der Waals surface area contributed by atoms with Crippen LogP contribution in [0.4, 0.5) is 0 Å². The van der Waals surface area contributed by atoms with Gasteiger partial charge in [0.1, 0.15) is 6.04 Å². The Labute approximate surface area is 107 Å². The molecule has 0 aromatic rings. The van der Waals surface area contributed by atoms with Crippen LogP contribution in [0, 0.1) is 0 Å². The largest absolute Gasteiger partial charge is 0.480 e. The molecule has 1 amide bonds. The molecule has 6 nitrogen and oxygen atoms in total. The summed E-state index contributed by atoms with van der Waals surface area (Å²) in [5, 5.41) is 15.1. The fourth-order valence-corrected chi connectivity index (χ4v) is 2.71. The minimum Gasteiger partial charge on any atom is -0.480 e. The van der Waals surface area contributed by atoms with Crippen molar-refractivity contribution in [2.75, 3.05) is 26.2 Å². The quantitative estimate of drug-likeness (QED) is 0.625. The van der Waals surface area contributed by atoms with E-state index in [2.05, 4.69) is 10.6 Å². The van der Waals surface area contributed by atoms with Crippen molar-refractivity contribution in [3.8, 4) is 0 Å². The normalized spacial score (nSPS) is 26.1. The van der Waals surface area contributed by atoms with Crippen molar-refractivity contribution >= 4 is 11.9 Å². The van der Waals surface area contributed by atoms with E-state index in [-0.39, 0.29) is 12.5 Å². The maximum absolute atomic E-state index is 11.9. The molecule has 1 heterocycles. The minimum atomic E-state index is -0.865. The summed E-state index contributed by atoms with van der Waals surface area (Å²) in [5.41, 5.74) is 0. The molecule has 0 radical (unpaired) electrons. The molecule has 2 aliphatic rings. The fraction of sp³-hybridized carbons (Fsp3) is 0.833. The van der Waals surface area contributed by atoms with Gasteiger partial charge >= 0.3 is 5.97 Å². The molecule has 18 heavy (non-hydrogen) atoms. The van der Waals surface area contributed by atoms with Gasteiger partial charge < -0.3 is 15.7 Å². The fourth-order valence-electron chi connectivity index (χ4n) is 2.71. The molecule has 102 valence electrons. The van der Waals surface area contributed by atoms with Crippen LogP contribution in [0.25, 0.3) is 0 Å². The summed E-state index contributed by atoms with van der Waals surface area (Å²) in [4.78, 5) is 24.7. The zero-order valence-corrected chi connectivity index (χ0v) is 10.5. The number of hydrogen-bond donors (Lipinski definition) is 3. The van der Waals surface area contributed by atoms with Crippen LogP contribution in [0.2, 0.25) is 0 Å². The second-order valence-electron chi connectivity index (χ2n) is 5.08. The Hall–Kier alpha value is -1.14. The number of piperazine rings is 1. The predicted octanol–water partition coefficient (Wildman–Crippen LogP) is -0.596. The minimum absolute atomic E-state index is 0.0462. The summed E-state index contributed by atoms with van der Waals surface area (Å²) < 4.78 is 0. The van der Waals surface area contributed by atoms with Crippen molar-refractivity contribution in [1.82, 2.24) is 15.5 Å². The van der Waals surface area contributed by atoms with Crippen LogP contribution in [0.3, 0.4) is 0 Å². The van der Waals surface area contributed by atoms with Gasteiger partial charge in [0.05, 0.1) is 6.54 Å². The third-order valence-corrected chi connectivity index (χ3v) is 3.71. The predicted molar refractivity (Wildman–Crippen MR) is 66.3 cm³/mol. The van der Waals surface area contributed by atoms with Crippen LogP contribution < -0.4 is 10.6 Å². The van der Waals surface area contributed by atoms with Gasteiger partial charge in [0.25, 0.3) is 0 Å². The van der Waals surface area contributed by atoms with Gasteiger partial charge in [-0.2, -0.15) is 0 Å². The highest BCUT2D eigenvalue weighted by Gasteiger charge is 2.30. The van der Waals surface area contributed by atoms with E-state index in [9.17, 15) is 9.59 Å². The van der Waals surface area contributed by atoms with Crippen LogP contribution in [-0.2, 0) is 9.59 Å². The Morgan fingerprint density at radius 3 is 2.72 bits per heavy atom. The first-order valence-corrected chi connectivity index (χ1v) is 6.64. The summed E-state index contributed by atoms with van der Waals surface area (Å²) in [6.07, 6.45) is 4.46. The number of nitrogens with zero attached hydrogens (tertiary/aromatic N) is 1. The molecule has 2 fully saturated rings. The number of carbonyl (C=O) groups is 2. The first kappa shape index (κ1) is 13.3. The van der Waals surface area contributed by atoms with E-state index in [1.54, 1.807) is 4.90 Å². The highest BCUT2D eigenvalue weighted by atomic mass is 16.4. The molecular formula is C12H21N3O3. The molecule has 1 aliphatic carbocycles. The first-order valence-electron chi connectivity index (χ1n) is 6.64. The van der Waals surface area contributed by atoms with E-state index in [0.717, 1.165) is 19.4 Å². The Kier molecular flexibility index (Phi) is 4.54. The maximum Gasteiger partial charge on any atom is 0.322 e. The van der Waals surface area contributed by atoms with Crippen molar-refractivity contribution < 1.29 is 14.7 Å². The van der Waals surface area contributed by atoms with Crippen LogP contribution in [0.1, 0.15) is 25.7 Å². The highest BCUT2D eigenvalue weighted by Crippen LogP contribution is 2.17. The van der Waals surface area contributed by atoms with E-state index in [1.807, 2.05) is 0 Å². The van der Waals surface area contributed by atoms with Crippen LogP contribution in [0.15, 0.2) is 0 Å². The van der Waals surface area contributed by atoms with Crippen molar-refractivity contribution in [2.24, 2.45) is 0 Å². The third kappa shape index (κ3) is 3.43. The molecule has 3 N–H and O–H groups in total. The SMILES string of the molecule is O=C(CN1CCNCC1C(=O)O)NC1CCCC1. The zero-order valence-electron chi connectivity index (χ0n) is 10.5. The maximum atomic E-state index is 11.9. The topological polar surface area (TPSA) is 81.7 Å². The van der Waals surface area contributed by atoms with Gasteiger partial charge in [-0.3, -0.25) is 14.5 Å². The molecule has 1 saturated heterocycles. The number of carbonyl (C=O) groups excluding carboxylic acids is 1. The van der Waals surface area contributed by atoms with Gasteiger partial charge in [0.2, 0.25) is 5.91 Å². The molecule has 0 spiro atoms. The molecule has 1 aliphatic heterocycles. The average Bonchev–Trinajstić information content (AvgIpc) is 2.82. The smallest absolute Gasteiger partial charge is 0.322 e. The molecule has 2 rings (SSSR count). The van der Waals surface area contributed by atoms with Crippen molar-refractivity contribution in [1.29, 1.82) is 0 Å². The first-order chi connectivity index (χ1) is 8.66. The van der Waals surface area contributed by atoms with Gasteiger partial charge in [0, 0.05) is 25.7 Å². The average molecular weight is 255 g/mol. The lowest BCUT2D eigenvalue weighted by Crippen LogP contribution is -2.57. The molecular weight excluding hydrogens is 234 g/mol. The number of aliphatic carboxylic acids is 1. The molecule has 1 saturated carbocycles. The summed E-state index contributed by atoms with van der Waals surface area (Å²) in [6, 6.07) is -0.295. The van der Waals surface area contributed by atoms with Gasteiger partial charge in [-0.05, 0) is 12.8 Å². The summed E-state index contributed by atoms with van der Waals surface area (Å²) >= 11 is 0. The van der Waals surface area contributed by atoms with Gasteiger partial charge in [0.15, 0.2) is 0 Å². The summed E-state index contributed by atoms with van der Waals surface area (Å²) in [5.74, 6) is -0.911. The molecule has 1 atom stereocenters. The summed E-state index contributed by atoms with van der Waals surface area (Å²) in [7, 11) is 0. The molecule has 0 bridgehead atoms. The van der Waals surface area contributed by atoms with E-state index < -0.39 is 12.0 Å². The van der Waals surface area contributed by atoms with Crippen molar-refractivity contribution in [3.63, 3.8) is 0 Å². The van der Waals surface area contributed by atoms with Crippen molar-refractivity contribution in [3.05, 3.63) is 0 Å². The van der Waals surface area contributed by atoms with E-state index >= 15 is 0 Å². The van der Waals surface area contributed by atoms with Gasteiger partial charge in [-0.15, -0.1) is 0 Å². The summed E-state index contributed by atoms with van der Waals surface area (Å²) in [6.45, 7) is 1.94. The van der Waals surface area contributed by atoms with Gasteiger partial charge in [-0.25, -0.2) is 0 Å². The number of rotatable bonds is 4. The third-order valence-electron chi connectivity index (χ3n) is 3.71. The molecule has 1 unspecified atom stereocenters. The molecule has 0 aromatic heterocycles. The van der Waals surface area contributed by atoms with Gasteiger partial charge in [-0.1, -0.05) is 12.8 Å². The van der Waals surface area contributed by atoms with E-state index in [4.69, 9.17) is 5.11 Å². The Balaban J connectivity index is 1.82. The standard InChI is InChI=1S/C12H21N3O3/c16-11(14-9-3-1-2-4-9)8-15-6-5-13-7-10(15)12(17)18/h9-10,13H,1-8H2,(H,14,16)(H,17,18). The van der Waals surface area contributed by atoms with Crippen LogP contribution >= 0.6 is 0 Å². The lowest BCUT2D eigenvalue weighted by atomic mass is 10.2. The van der Waals surface area contributed by atoms with E-state index in [1.165, 1.54) is 12.8 Å². The number of hydrogen-bond acceptors (Lipinski definition) is 4. The van der Waals surface area contributed by atoms with Crippen LogP contribution in [-0.4, -0.2) is 60.1 Å². The number of nitrogens with one attached hydrogen (secondary N) is 2. The van der Waals surface area contributed by atoms with Crippen molar-refractivity contribution in [2.45, 2.75) is 37.8 Å². The van der Waals surface area contributed by atoms with Crippen LogP contribution in [0.5, 0.6) is 0 Å². The zero-order chi connectivity index (χ0) is 13.0. The number of amides is 1. The Morgan fingerprint density at radius 2 is 2.06 bits per heavy atom. The Bertz CT molecular complexity index is 316. The lowest BCUT2D eigenvalue weighted by Gasteiger charge is -2.33. The monoisotopic (exact) mass is 255 g/mol. The second-order valence-corrected chi connectivity index (χ2v) is 5.08. The van der Waals surface area contributed by atoms with E-state index in [0.29, 0.717) is 19.1 Å². The molecule has 0 aromatic carbocycles. The Morgan fingerprint density at radius 1 is 1.33 bits per heavy atom. The second kappa shape index (κ2) is 6.15. The number of carboxylic acid groups (broad SMARTS) is 1.